The van der Waals surface area contributed by atoms with Crippen molar-refractivity contribution in [1.82, 2.24) is 5.32 Å². The smallest absolute Gasteiger partial charge is 0.338 e. The molecule has 1 saturated heterocycles. The summed E-state index contributed by atoms with van der Waals surface area (Å²) in [6, 6.07) is 9.09. The molecule has 1 aliphatic heterocycles. The van der Waals surface area contributed by atoms with Gasteiger partial charge in [-0.25, -0.2) is 0 Å². The predicted octanol–water partition coefficient (Wildman–Crippen LogP) is -1.59. The van der Waals surface area contributed by atoms with Crippen LogP contribution >= 0.6 is 12.2 Å². The molecule has 0 spiro atoms. The van der Waals surface area contributed by atoms with Crippen molar-refractivity contribution in [3.63, 3.8) is 0 Å². The lowest BCUT2D eigenvalue weighted by atomic mass is 10.1. The van der Waals surface area contributed by atoms with Crippen molar-refractivity contribution in [2.24, 2.45) is 11.5 Å². The van der Waals surface area contributed by atoms with Crippen molar-refractivity contribution in [2.45, 2.75) is 18.9 Å². The van der Waals surface area contributed by atoms with Gasteiger partial charge in [0.05, 0.1) is 12.2 Å². The van der Waals surface area contributed by atoms with Crippen LogP contribution < -0.4 is 26.7 Å². The van der Waals surface area contributed by atoms with E-state index in [2.05, 4.69) is 10.3 Å². The molecule has 106 valence electrons. The molecule has 1 fully saturated rings. The molecule has 1 aromatic carbocycles. The summed E-state index contributed by atoms with van der Waals surface area (Å²) in [5, 5.41) is 3.50. The van der Waals surface area contributed by atoms with Gasteiger partial charge in [0, 0.05) is 0 Å². The summed E-state index contributed by atoms with van der Waals surface area (Å²) in [7, 11) is 0. The molecule has 2 rings (SSSR count). The summed E-state index contributed by atoms with van der Waals surface area (Å²) in [6.45, 7) is 0.631. The summed E-state index contributed by atoms with van der Waals surface area (Å²) < 4.78 is 0. The van der Waals surface area contributed by atoms with Crippen LogP contribution in [-0.2, 0) is 4.79 Å². The van der Waals surface area contributed by atoms with Crippen molar-refractivity contribution < 1.29 is 9.79 Å². The number of rotatable bonds is 5. The van der Waals surface area contributed by atoms with Gasteiger partial charge in [0.15, 0.2) is 5.11 Å². The topological polar surface area (TPSA) is 98.3 Å². The third kappa shape index (κ3) is 3.24. The largest absolute Gasteiger partial charge is 0.350 e. The molecule has 1 amide bonds. The third-order valence-corrected chi connectivity index (χ3v) is 3.33. The highest BCUT2D eigenvalue weighted by Crippen LogP contribution is 2.20. The van der Waals surface area contributed by atoms with Crippen LogP contribution in [0.2, 0.25) is 0 Å². The summed E-state index contributed by atoms with van der Waals surface area (Å²) in [4.78, 5) is 16.7. The van der Waals surface area contributed by atoms with E-state index < -0.39 is 0 Å². The van der Waals surface area contributed by atoms with Crippen molar-refractivity contribution in [2.75, 3.05) is 11.4 Å². The molecule has 0 bridgehead atoms. The van der Waals surface area contributed by atoms with Gasteiger partial charge in [-0.2, -0.15) is 0 Å². The number of benzene rings is 1. The molecule has 7 heteroatoms. The molecule has 0 aromatic heterocycles. The first-order valence-electron chi connectivity index (χ1n) is 6.41. The zero-order valence-corrected chi connectivity index (χ0v) is 11.8. The molecular weight excluding hydrogens is 274 g/mol. The number of thiocarbonyl (C=S) groups is 1. The average Bonchev–Trinajstić information content (AvgIpc) is 2.70. The minimum absolute atomic E-state index is 0.0223. The van der Waals surface area contributed by atoms with Crippen molar-refractivity contribution >= 4 is 34.9 Å². The van der Waals surface area contributed by atoms with Crippen molar-refractivity contribution in [1.29, 1.82) is 0 Å². The number of para-hydroxylation sites is 1. The fourth-order valence-corrected chi connectivity index (χ4v) is 2.43. The van der Waals surface area contributed by atoms with E-state index in [4.69, 9.17) is 23.7 Å². The molecular formula is C13H18N5OS+. The maximum Gasteiger partial charge on any atom is 0.338 e. The number of hydrogen-bond donors (Lipinski definition) is 4. The average molecular weight is 292 g/mol. The number of nitrogens with one attached hydrogen (secondary N) is 2. The second-order valence-corrected chi connectivity index (χ2v) is 4.92. The summed E-state index contributed by atoms with van der Waals surface area (Å²) in [6.07, 6.45) is 1.44. The molecule has 20 heavy (non-hydrogen) atoms. The lowest BCUT2D eigenvalue weighted by Crippen LogP contribution is -2.78. The monoisotopic (exact) mass is 292 g/mol. The Labute approximate surface area is 122 Å². The van der Waals surface area contributed by atoms with Crippen LogP contribution in [-0.4, -0.2) is 29.6 Å². The van der Waals surface area contributed by atoms with Crippen LogP contribution in [0.5, 0.6) is 0 Å². The van der Waals surface area contributed by atoms with Gasteiger partial charge in [0.1, 0.15) is 6.04 Å². The van der Waals surface area contributed by atoms with E-state index in [9.17, 15) is 4.79 Å². The van der Waals surface area contributed by atoms with E-state index in [0.29, 0.717) is 18.1 Å². The number of guanidine groups is 1. The first-order chi connectivity index (χ1) is 9.59. The van der Waals surface area contributed by atoms with E-state index in [1.165, 1.54) is 4.90 Å². The quantitative estimate of drug-likeness (QED) is 0.227. The highest BCUT2D eigenvalue weighted by atomic mass is 32.1. The lowest BCUT2D eigenvalue weighted by molar-refractivity contribution is -0.459. The normalized spacial score (nSPS) is 18.0. The molecule has 0 unspecified atom stereocenters. The summed E-state index contributed by atoms with van der Waals surface area (Å²) >= 11 is 5.23. The van der Waals surface area contributed by atoms with Gasteiger partial charge in [0.2, 0.25) is 0 Å². The van der Waals surface area contributed by atoms with Crippen LogP contribution in [0.25, 0.3) is 0 Å². The molecule has 1 aromatic rings. The molecule has 0 aliphatic carbocycles. The highest BCUT2D eigenvalue weighted by Gasteiger charge is 2.35. The Morgan fingerprint density at radius 2 is 2.05 bits per heavy atom. The minimum atomic E-state index is -0.288. The van der Waals surface area contributed by atoms with Gasteiger partial charge in [-0.15, -0.1) is 0 Å². The Morgan fingerprint density at radius 1 is 1.35 bits per heavy atom. The standard InChI is InChI=1S/C13H17N5OS/c14-12(15)16-8-4-7-10-11(19)18(13(20)17-10)9-5-2-1-3-6-9/h1-3,5-6,10H,4,7-8H2,(H,17,20)(H4,14,15,16)/p+1/t10-/m0/s1. The lowest BCUT2D eigenvalue weighted by Gasteiger charge is -2.14. The van der Waals surface area contributed by atoms with E-state index in [-0.39, 0.29) is 17.9 Å². The molecule has 6 N–H and O–H groups in total. The van der Waals surface area contributed by atoms with Gasteiger partial charge in [-0.05, 0) is 37.2 Å². The van der Waals surface area contributed by atoms with Crippen molar-refractivity contribution in [3.05, 3.63) is 30.3 Å². The van der Waals surface area contributed by atoms with Gasteiger partial charge in [-0.1, -0.05) is 18.2 Å². The van der Waals surface area contributed by atoms with E-state index in [0.717, 1.165) is 12.1 Å². The van der Waals surface area contributed by atoms with Crippen LogP contribution in [0.1, 0.15) is 12.8 Å². The van der Waals surface area contributed by atoms with Crippen LogP contribution in [0, 0.1) is 0 Å². The van der Waals surface area contributed by atoms with Crippen LogP contribution in [0.15, 0.2) is 30.3 Å². The number of nitrogens with two attached hydrogens (primary N) is 2. The zero-order chi connectivity index (χ0) is 14.5. The van der Waals surface area contributed by atoms with E-state index >= 15 is 0 Å². The number of hydrogen-bond acceptors (Lipinski definition) is 2. The van der Waals surface area contributed by atoms with Gasteiger partial charge >= 0.3 is 5.96 Å². The van der Waals surface area contributed by atoms with Crippen LogP contribution in [0.4, 0.5) is 5.69 Å². The van der Waals surface area contributed by atoms with Gasteiger partial charge in [0.25, 0.3) is 5.91 Å². The molecule has 1 atom stereocenters. The Bertz CT molecular complexity index is 527. The highest BCUT2D eigenvalue weighted by molar-refractivity contribution is 7.80. The SMILES string of the molecule is NC(N)=[NH+]CCC[C@@H]1NC(=S)N(c2ccccc2)C1=O. The number of nitrogens with zero attached hydrogens (tertiary/aromatic N) is 1. The number of anilines is 1. The number of carbonyl (C=O) groups is 1. The Balaban J connectivity index is 1.97. The molecule has 1 heterocycles. The maximum absolute atomic E-state index is 12.3. The Hall–Kier alpha value is -2.15. The van der Waals surface area contributed by atoms with Gasteiger partial charge in [-0.3, -0.25) is 26.2 Å². The van der Waals surface area contributed by atoms with Crippen molar-refractivity contribution in [3.8, 4) is 0 Å². The zero-order valence-electron chi connectivity index (χ0n) is 11.0. The summed E-state index contributed by atoms with van der Waals surface area (Å²) in [5.41, 5.74) is 11.4. The number of amides is 1. The van der Waals surface area contributed by atoms with E-state index in [1.807, 2.05) is 30.3 Å². The minimum Gasteiger partial charge on any atom is -0.350 e. The molecule has 0 radical (unpaired) electrons. The van der Waals surface area contributed by atoms with Crippen LogP contribution in [0.3, 0.4) is 0 Å². The van der Waals surface area contributed by atoms with E-state index in [1.54, 1.807) is 0 Å². The molecule has 0 saturated carbocycles. The summed E-state index contributed by atoms with van der Waals surface area (Å²) in [5.74, 6) is 0.169. The fourth-order valence-electron chi connectivity index (χ4n) is 2.09. The Kier molecular flexibility index (Phi) is 4.52. The number of carbonyl (C=O) groups excluding carboxylic acids is 1. The third-order valence-electron chi connectivity index (χ3n) is 3.03. The Morgan fingerprint density at radius 3 is 2.70 bits per heavy atom. The second-order valence-electron chi connectivity index (χ2n) is 4.54. The first kappa shape index (κ1) is 14.3. The molecule has 1 aliphatic rings. The first-order valence-corrected chi connectivity index (χ1v) is 6.81. The molecule has 6 nitrogen and oxygen atoms in total. The fraction of sp³-hybridized carbons (Fsp3) is 0.308. The predicted molar refractivity (Wildman–Crippen MR) is 81.9 cm³/mol. The maximum atomic E-state index is 12.3. The van der Waals surface area contributed by atoms with Gasteiger partial charge < -0.3 is 5.32 Å². The second kappa shape index (κ2) is 6.33.